The van der Waals surface area contributed by atoms with Gasteiger partial charge >= 0.3 is 0 Å². The molecule has 0 amide bonds. The van der Waals surface area contributed by atoms with E-state index in [1.165, 1.54) is 6.07 Å². The van der Waals surface area contributed by atoms with E-state index < -0.39 is 0 Å². The third-order valence-corrected chi connectivity index (χ3v) is 2.12. The van der Waals surface area contributed by atoms with Gasteiger partial charge in [0, 0.05) is 12.5 Å². The summed E-state index contributed by atoms with van der Waals surface area (Å²) in [6.07, 6.45) is 0. The van der Waals surface area contributed by atoms with Crippen molar-refractivity contribution in [2.45, 2.75) is 12.8 Å². The highest BCUT2D eigenvalue weighted by molar-refractivity contribution is 6.32. The van der Waals surface area contributed by atoms with Crippen molar-refractivity contribution in [1.82, 2.24) is 0 Å². The van der Waals surface area contributed by atoms with E-state index in [4.69, 9.17) is 21.8 Å². The van der Waals surface area contributed by atoms with Crippen molar-refractivity contribution in [1.29, 1.82) is 0 Å². The first kappa shape index (κ1) is 9.36. The summed E-state index contributed by atoms with van der Waals surface area (Å²) < 4.78 is 0. The lowest BCUT2D eigenvalue weighted by Gasteiger charge is -2.08. The molecule has 2 nitrogen and oxygen atoms in total. The van der Waals surface area contributed by atoms with E-state index in [9.17, 15) is 0 Å². The summed E-state index contributed by atoms with van der Waals surface area (Å²) in [4.78, 5) is 0. The topological polar surface area (TPSA) is 40.5 Å². The molecule has 1 unspecified atom stereocenters. The highest BCUT2D eigenvalue weighted by Crippen LogP contribution is 2.26. The van der Waals surface area contributed by atoms with Crippen LogP contribution in [-0.4, -0.2) is 16.8 Å². The molecule has 0 aliphatic heterocycles. The Bertz CT molecular complexity index is 273. The number of aromatic hydroxyl groups is 1. The van der Waals surface area contributed by atoms with Crippen LogP contribution in [0.4, 0.5) is 0 Å². The Morgan fingerprint density at radius 2 is 2.17 bits per heavy atom. The van der Waals surface area contributed by atoms with E-state index in [0.717, 1.165) is 5.56 Å². The third-order valence-electron chi connectivity index (χ3n) is 1.81. The highest BCUT2D eigenvalue weighted by Gasteiger charge is 2.05. The van der Waals surface area contributed by atoms with Crippen LogP contribution in [-0.2, 0) is 0 Å². The molecular weight excluding hydrogens is 176 g/mol. The summed E-state index contributed by atoms with van der Waals surface area (Å²) in [7, 11) is 0. The van der Waals surface area contributed by atoms with Gasteiger partial charge in [-0.3, -0.25) is 0 Å². The Labute approximate surface area is 76.4 Å². The molecule has 12 heavy (non-hydrogen) atoms. The Morgan fingerprint density at radius 1 is 1.50 bits per heavy atom. The second-order valence-electron chi connectivity index (χ2n) is 2.79. The number of aliphatic hydroxyl groups excluding tert-OH is 1. The summed E-state index contributed by atoms with van der Waals surface area (Å²) in [6, 6.07) is 4.95. The second-order valence-corrected chi connectivity index (χ2v) is 3.20. The second kappa shape index (κ2) is 3.78. The van der Waals surface area contributed by atoms with Gasteiger partial charge in [-0.1, -0.05) is 24.6 Å². The average Bonchev–Trinajstić information content (AvgIpc) is 2.08. The van der Waals surface area contributed by atoms with Gasteiger partial charge in [0.1, 0.15) is 5.75 Å². The number of benzene rings is 1. The minimum absolute atomic E-state index is 0.0584. The first-order valence-corrected chi connectivity index (χ1v) is 4.12. The van der Waals surface area contributed by atoms with Crippen molar-refractivity contribution in [3.05, 3.63) is 28.8 Å². The lowest BCUT2D eigenvalue weighted by molar-refractivity contribution is 0.273. The van der Waals surface area contributed by atoms with Crippen LogP contribution in [0.5, 0.6) is 5.75 Å². The molecule has 0 radical (unpaired) electrons. The third kappa shape index (κ3) is 1.90. The van der Waals surface area contributed by atoms with Gasteiger partial charge in [0.05, 0.1) is 5.02 Å². The minimum Gasteiger partial charge on any atom is -0.506 e. The number of phenols is 1. The van der Waals surface area contributed by atoms with E-state index in [1.807, 2.05) is 6.92 Å². The van der Waals surface area contributed by atoms with Gasteiger partial charge in [-0.2, -0.15) is 0 Å². The quantitative estimate of drug-likeness (QED) is 0.743. The van der Waals surface area contributed by atoms with Crippen LogP contribution in [0.1, 0.15) is 18.4 Å². The lowest BCUT2D eigenvalue weighted by atomic mass is 10.0. The van der Waals surface area contributed by atoms with Crippen LogP contribution in [0.3, 0.4) is 0 Å². The molecule has 0 fully saturated rings. The molecule has 0 aliphatic carbocycles. The van der Waals surface area contributed by atoms with Gasteiger partial charge in [-0.15, -0.1) is 0 Å². The fraction of sp³-hybridized carbons (Fsp3) is 0.333. The molecule has 2 N–H and O–H groups in total. The molecule has 1 atom stereocenters. The normalized spacial score (nSPS) is 12.9. The van der Waals surface area contributed by atoms with Crippen molar-refractivity contribution < 1.29 is 10.2 Å². The number of phenolic OH excluding ortho intramolecular Hbond substituents is 1. The fourth-order valence-corrected chi connectivity index (χ4v) is 1.12. The first-order chi connectivity index (χ1) is 5.65. The Kier molecular flexibility index (Phi) is 2.95. The van der Waals surface area contributed by atoms with Crippen LogP contribution in [0.15, 0.2) is 18.2 Å². The zero-order valence-corrected chi connectivity index (χ0v) is 7.54. The van der Waals surface area contributed by atoms with Crippen LogP contribution in [0, 0.1) is 0 Å². The van der Waals surface area contributed by atoms with Crippen molar-refractivity contribution in [2.75, 3.05) is 6.61 Å². The van der Waals surface area contributed by atoms with Gasteiger partial charge in [0.2, 0.25) is 0 Å². The summed E-state index contributed by atoms with van der Waals surface area (Å²) >= 11 is 5.68. The van der Waals surface area contributed by atoms with Gasteiger partial charge in [-0.25, -0.2) is 0 Å². The zero-order chi connectivity index (χ0) is 9.14. The van der Waals surface area contributed by atoms with Crippen molar-refractivity contribution in [3.8, 4) is 5.75 Å². The Balaban J connectivity index is 2.96. The van der Waals surface area contributed by atoms with E-state index in [0.29, 0.717) is 5.02 Å². The lowest BCUT2D eigenvalue weighted by Crippen LogP contribution is -1.98. The van der Waals surface area contributed by atoms with Crippen LogP contribution < -0.4 is 0 Å². The maximum absolute atomic E-state index is 9.10. The number of halogens is 1. The monoisotopic (exact) mass is 186 g/mol. The smallest absolute Gasteiger partial charge is 0.134 e. The molecule has 1 rings (SSSR count). The molecule has 3 heteroatoms. The summed E-state index contributed by atoms with van der Waals surface area (Å²) in [6.45, 7) is 1.98. The van der Waals surface area contributed by atoms with Crippen molar-refractivity contribution in [2.24, 2.45) is 0 Å². The molecule has 0 heterocycles. The number of rotatable bonds is 2. The van der Waals surface area contributed by atoms with Crippen LogP contribution in [0.25, 0.3) is 0 Å². The van der Waals surface area contributed by atoms with Gasteiger partial charge in [0.25, 0.3) is 0 Å². The van der Waals surface area contributed by atoms with Gasteiger partial charge in [0.15, 0.2) is 0 Å². The molecule has 1 aromatic rings. The number of hydrogen-bond donors (Lipinski definition) is 2. The van der Waals surface area contributed by atoms with Crippen molar-refractivity contribution in [3.63, 3.8) is 0 Å². The summed E-state index contributed by atoms with van der Waals surface area (Å²) in [5, 5.41) is 18.3. The first-order valence-electron chi connectivity index (χ1n) is 3.74. The molecule has 66 valence electrons. The molecular formula is C9H11ClO2. The predicted molar refractivity (Wildman–Crippen MR) is 48.6 cm³/mol. The Morgan fingerprint density at radius 3 is 2.67 bits per heavy atom. The maximum Gasteiger partial charge on any atom is 0.134 e. The largest absolute Gasteiger partial charge is 0.506 e. The fourth-order valence-electron chi connectivity index (χ4n) is 0.935. The maximum atomic E-state index is 9.10. The number of hydrogen-bond acceptors (Lipinski definition) is 2. The van der Waals surface area contributed by atoms with E-state index in [2.05, 4.69) is 0 Å². The van der Waals surface area contributed by atoms with Crippen LogP contribution in [0.2, 0.25) is 5.02 Å². The zero-order valence-electron chi connectivity index (χ0n) is 6.79. The van der Waals surface area contributed by atoms with Gasteiger partial charge < -0.3 is 10.2 Å². The van der Waals surface area contributed by atoms with Crippen molar-refractivity contribution >= 4 is 11.6 Å². The molecule has 0 saturated carbocycles. The molecule has 0 saturated heterocycles. The molecule has 0 aliphatic rings. The summed E-state index contributed by atoms with van der Waals surface area (Å²) in [5.74, 6) is 0.133. The highest BCUT2D eigenvalue weighted by atomic mass is 35.5. The van der Waals surface area contributed by atoms with E-state index >= 15 is 0 Å². The minimum atomic E-state index is 0.0584. The standard InChI is InChI=1S/C9H11ClO2/c1-6(5-11)7-2-3-9(12)8(10)4-7/h2-4,6,11-12H,5H2,1H3. The molecule has 0 spiro atoms. The van der Waals surface area contributed by atoms with E-state index in [1.54, 1.807) is 12.1 Å². The summed E-state index contributed by atoms with van der Waals surface area (Å²) in [5.41, 5.74) is 0.931. The van der Waals surface area contributed by atoms with Gasteiger partial charge in [-0.05, 0) is 17.7 Å². The average molecular weight is 187 g/mol. The van der Waals surface area contributed by atoms with E-state index in [-0.39, 0.29) is 18.3 Å². The van der Waals surface area contributed by atoms with Crippen LogP contribution >= 0.6 is 11.6 Å². The molecule has 0 aromatic heterocycles. The Hall–Kier alpha value is -0.730. The SMILES string of the molecule is CC(CO)c1ccc(O)c(Cl)c1. The predicted octanol–water partition coefficient (Wildman–Crippen LogP) is 2.14. The molecule has 1 aromatic carbocycles. The number of aliphatic hydroxyl groups is 1. The molecule has 0 bridgehead atoms.